The number of imide groups is 1. The van der Waals surface area contributed by atoms with Gasteiger partial charge in [0.2, 0.25) is 0 Å². The minimum absolute atomic E-state index is 0. The van der Waals surface area contributed by atoms with Gasteiger partial charge in [-0.05, 0) is 29.5 Å². The molecule has 1 N–H and O–H groups in total. The number of rotatable bonds is 4. The van der Waals surface area contributed by atoms with E-state index >= 15 is 0 Å². The number of hydrogen-bond donors (Lipinski definition) is 1. The first kappa shape index (κ1) is 18.2. The van der Waals surface area contributed by atoms with Crippen LogP contribution in [0.1, 0.15) is 17.7 Å². The minimum atomic E-state index is -0.384. The van der Waals surface area contributed by atoms with E-state index in [4.69, 9.17) is 4.42 Å². The van der Waals surface area contributed by atoms with E-state index in [2.05, 4.69) is 18.3 Å². The third kappa shape index (κ3) is 4.22. The summed E-state index contributed by atoms with van der Waals surface area (Å²) in [6.07, 6.45) is 3.27. The quantitative estimate of drug-likeness (QED) is 0.621. The fourth-order valence-corrected chi connectivity index (χ4v) is 2.96. The Kier molecular flexibility index (Phi) is 6.39. The summed E-state index contributed by atoms with van der Waals surface area (Å²) < 4.78 is 5.80. The first-order valence-corrected chi connectivity index (χ1v) is 7.71. The van der Waals surface area contributed by atoms with E-state index in [1.165, 1.54) is 5.56 Å². The van der Waals surface area contributed by atoms with Crippen LogP contribution in [0.3, 0.4) is 0 Å². The number of carbonyl (C=O) groups excluding carboxylic acids is 2. The van der Waals surface area contributed by atoms with Crippen molar-refractivity contribution in [1.29, 1.82) is 0 Å². The molecule has 0 atom stereocenters. The first-order valence-electron chi connectivity index (χ1n) is 6.89. The summed E-state index contributed by atoms with van der Waals surface area (Å²) in [7, 11) is 0. The van der Waals surface area contributed by atoms with E-state index in [1.807, 2.05) is 24.3 Å². The number of nitrogens with one attached hydrogen (secondary N) is 1. The van der Waals surface area contributed by atoms with Crippen LogP contribution in [0, 0.1) is 6.92 Å². The maximum atomic E-state index is 11.5. The zero-order valence-corrected chi connectivity index (χ0v) is 16.0. The smallest absolute Gasteiger partial charge is 0.290 e. The Bertz CT molecular complexity index is 767. The zero-order valence-electron chi connectivity index (χ0n) is 12.4. The van der Waals surface area contributed by atoms with E-state index < -0.39 is 0 Å². The first-order chi connectivity index (χ1) is 10.7. The molecule has 0 unspecified atom stereocenters. The van der Waals surface area contributed by atoms with Crippen LogP contribution in [0.15, 0.2) is 45.7 Å². The third-order valence-corrected chi connectivity index (χ3v) is 4.08. The van der Waals surface area contributed by atoms with Gasteiger partial charge in [-0.2, -0.15) is 6.42 Å². The molecule has 1 aliphatic rings. The standard InChI is InChI=1S/C17H14NO3S.Y/c1-2-5-11-6-3-4-7-13(11)14-9-8-12(21-14)10-15-16(19)18-17(20)22-15;/h3-4,6-10H,1-2,5H2,(H,18,19,20);/q-1;/b15-10-;. The number of thioether (sulfide) groups is 1. The van der Waals surface area contributed by atoms with Gasteiger partial charge in [-0.25, -0.2) is 0 Å². The zero-order chi connectivity index (χ0) is 15.5. The molecule has 2 aromatic rings. The summed E-state index contributed by atoms with van der Waals surface area (Å²) in [4.78, 5) is 23.0. The molecule has 1 fully saturated rings. The summed E-state index contributed by atoms with van der Waals surface area (Å²) >= 11 is 0.878. The Morgan fingerprint density at radius 3 is 2.65 bits per heavy atom. The van der Waals surface area contributed by atoms with E-state index in [9.17, 15) is 9.59 Å². The predicted octanol–water partition coefficient (Wildman–Crippen LogP) is 4.03. The number of amides is 2. The molecular weight excluding hydrogens is 387 g/mol. The van der Waals surface area contributed by atoms with Crippen molar-refractivity contribution < 1.29 is 46.7 Å². The maximum Gasteiger partial charge on any atom is 0.290 e. The van der Waals surface area contributed by atoms with Gasteiger partial charge in [-0.1, -0.05) is 30.7 Å². The van der Waals surface area contributed by atoms with Gasteiger partial charge in [0.25, 0.3) is 11.1 Å². The molecule has 0 bridgehead atoms. The molecule has 115 valence electrons. The summed E-state index contributed by atoms with van der Waals surface area (Å²) in [5.74, 6) is 0.905. The number of benzene rings is 1. The van der Waals surface area contributed by atoms with Gasteiger partial charge in [0.1, 0.15) is 11.5 Å². The summed E-state index contributed by atoms with van der Waals surface area (Å²) in [5.41, 5.74) is 2.20. The number of furan rings is 1. The fraction of sp³-hybridized carbons (Fsp3) is 0.118. The van der Waals surface area contributed by atoms with Gasteiger partial charge in [0.15, 0.2) is 0 Å². The summed E-state index contributed by atoms with van der Waals surface area (Å²) in [5, 5.41) is 1.86. The Morgan fingerprint density at radius 2 is 1.96 bits per heavy atom. The van der Waals surface area contributed by atoms with Crippen molar-refractivity contribution in [2.75, 3.05) is 0 Å². The normalized spacial score (nSPS) is 15.6. The molecule has 6 heteroatoms. The topological polar surface area (TPSA) is 59.3 Å². The van der Waals surface area contributed by atoms with E-state index in [1.54, 1.807) is 12.1 Å². The fourth-order valence-electron chi connectivity index (χ4n) is 2.29. The van der Waals surface area contributed by atoms with E-state index in [0.29, 0.717) is 10.7 Å². The SMILES string of the molecule is [CH2-]CCc1ccccc1-c1ccc(/C=C2\SC(=O)NC2=O)o1.[Y]. The van der Waals surface area contributed by atoms with Gasteiger partial charge < -0.3 is 11.3 Å². The molecule has 0 saturated carbocycles. The Labute approximate surface area is 164 Å². The van der Waals surface area contributed by atoms with Crippen molar-refractivity contribution in [3.8, 4) is 11.3 Å². The Hall–Kier alpha value is -1.17. The van der Waals surface area contributed by atoms with Crippen LogP contribution in [0.4, 0.5) is 4.79 Å². The molecule has 1 aromatic heterocycles. The molecule has 2 heterocycles. The molecular formula is C17H14NO3SY-. The monoisotopic (exact) mass is 401 g/mol. The van der Waals surface area contributed by atoms with Gasteiger partial charge in [0, 0.05) is 44.3 Å². The molecule has 0 spiro atoms. The van der Waals surface area contributed by atoms with E-state index in [-0.39, 0.29) is 43.9 Å². The minimum Gasteiger partial charge on any atom is -0.457 e. The molecule has 2 amide bonds. The Morgan fingerprint density at radius 1 is 1.17 bits per heavy atom. The second-order valence-electron chi connectivity index (χ2n) is 4.81. The van der Waals surface area contributed by atoms with E-state index in [0.717, 1.165) is 35.9 Å². The van der Waals surface area contributed by atoms with Crippen LogP contribution in [-0.4, -0.2) is 11.1 Å². The van der Waals surface area contributed by atoms with Gasteiger partial charge in [0.05, 0.1) is 4.91 Å². The molecule has 1 radical (unpaired) electrons. The molecule has 1 saturated heterocycles. The van der Waals surface area contributed by atoms with Crippen LogP contribution in [0.2, 0.25) is 0 Å². The van der Waals surface area contributed by atoms with Crippen molar-refractivity contribution >= 4 is 29.0 Å². The summed E-state index contributed by atoms with van der Waals surface area (Å²) in [6, 6.07) is 11.7. The van der Waals surface area contributed by atoms with Crippen LogP contribution in [0.25, 0.3) is 17.4 Å². The Balaban J connectivity index is 0.00000192. The maximum absolute atomic E-state index is 11.5. The molecule has 0 aliphatic carbocycles. The van der Waals surface area contributed by atoms with Crippen molar-refractivity contribution in [1.82, 2.24) is 5.32 Å². The number of aryl methyl sites for hydroxylation is 1. The van der Waals surface area contributed by atoms with Gasteiger partial charge >= 0.3 is 0 Å². The average molecular weight is 401 g/mol. The second-order valence-corrected chi connectivity index (χ2v) is 5.83. The number of hydrogen-bond acceptors (Lipinski definition) is 4. The number of carbonyl (C=O) groups is 2. The van der Waals surface area contributed by atoms with Gasteiger partial charge in [-0.3, -0.25) is 14.9 Å². The molecule has 1 aliphatic heterocycles. The van der Waals surface area contributed by atoms with Crippen molar-refractivity contribution in [3.63, 3.8) is 0 Å². The van der Waals surface area contributed by atoms with Crippen molar-refractivity contribution in [2.24, 2.45) is 0 Å². The van der Waals surface area contributed by atoms with Crippen LogP contribution < -0.4 is 5.32 Å². The molecule has 23 heavy (non-hydrogen) atoms. The molecule has 4 nitrogen and oxygen atoms in total. The van der Waals surface area contributed by atoms with Crippen LogP contribution in [-0.2, 0) is 43.9 Å². The second kappa shape index (κ2) is 8.09. The van der Waals surface area contributed by atoms with Gasteiger partial charge in [-0.15, -0.1) is 0 Å². The molecule has 1 aromatic carbocycles. The third-order valence-electron chi connectivity index (χ3n) is 3.27. The van der Waals surface area contributed by atoms with Crippen LogP contribution in [0.5, 0.6) is 0 Å². The average Bonchev–Trinajstić information content (AvgIpc) is 3.07. The largest absolute Gasteiger partial charge is 0.457 e. The predicted molar refractivity (Wildman–Crippen MR) is 86.9 cm³/mol. The van der Waals surface area contributed by atoms with Crippen molar-refractivity contribution in [2.45, 2.75) is 12.8 Å². The van der Waals surface area contributed by atoms with Crippen LogP contribution >= 0.6 is 11.8 Å². The van der Waals surface area contributed by atoms with Crippen molar-refractivity contribution in [3.05, 3.63) is 59.6 Å². The molecule has 3 rings (SSSR count). The summed E-state index contributed by atoms with van der Waals surface area (Å²) in [6.45, 7) is 3.89.